The molecule has 0 radical (unpaired) electrons. The van der Waals surface area contributed by atoms with Gasteiger partial charge in [-0.1, -0.05) is 0 Å². The lowest BCUT2D eigenvalue weighted by molar-refractivity contribution is 0.00578. The lowest BCUT2D eigenvalue weighted by atomic mass is 9.77. The van der Waals surface area contributed by atoms with E-state index in [1.165, 1.54) is 0 Å². The predicted octanol–water partition coefficient (Wildman–Crippen LogP) is 2.47. The van der Waals surface area contributed by atoms with Gasteiger partial charge in [-0.15, -0.1) is 0 Å². The van der Waals surface area contributed by atoms with E-state index in [1.54, 1.807) is 12.4 Å². The number of hydrogen-bond donors (Lipinski definition) is 1. The summed E-state index contributed by atoms with van der Waals surface area (Å²) in [6.45, 7) is 8.82. The van der Waals surface area contributed by atoms with Crippen molar-refractivity contribution in [2.45, 2.75) is 38.9 Å². The second kappa shape index (κ2) is 6.16. The summed E-state index contributed by atoms with van der Waals surface area (Å²) < 4.78 is 13.0. The minimum atomic E-state index is -0.394. The molecule has 0 aromatic carbocycles. The molecule has 0 bridgehead atoms. The van der Waals surface area contributed by atoms with Crippen molar-refractivity contribution in [2.24, 2.45) is 0 Å². The Kier molecular flexibility index (Phi) is 4.87. The van der Waals surface area contributed by atoms with Crippen molar-refractivity contribution < 1.29 is 9.31 Å². The first kappa shape index (κ1) is 16.6. The van der Waals surface area contributed by atoms with Crippen LogP contribution in [0, 0.1) is 0 Å². The lowest BCUT2D eigenvalue weighted by Gasteiger charge is -2.32. The summed E-state index contributed by atoms with van der Waals surface area (Å²) in [5, 5.41) is 3.14. The molecule has 1 fully saturated rings. The minimum Gasteiger partial charge on any atom is -0.400 e. The molecule has 0 spiro atoms. The summed E-state index contributed by atoms with van der Waals surface area (Å²) in [6, 6.07) is 0. The first-order chi connectivity index (χ1) is 9.75. The third-order valence-electron chi connectivity index (χ3n) is 3.89. The largest absolute Gasteiger partial charge is 0.492 e. The topological polar surface area (TPSA) is 56.3 Å². The number of likely N-dealkylation sites (N-methyl/N-ethyl adjacent to an activating group) is 1. The van der Waals surface area contributed by atoms with Crippen LogP contribution in [0.2, 0.25) is 0 Å². The molecule has 7 heteroatoms. The van der Waals surface area contributed by atoms with E-state index in [0.717, 1.165) is 9.95 Å². The Labute approximate surface area is 134 Å². The molecule has 0 unspecified atom stereocenters. The molecule has 2 heterocycles. The van der Waals surface area contributed by atoms with E-state index >= 15 is 0 Å². The van der Waals surface area contributed by atoms with Gasteiger partial charge in [0.25, 0.3) is 0 Å². The first-order valence-corrected chi connectivity index (χ1v) is 7.73. The molecule has 21 heavy (non-hydrogen) atoms. The van der Waals surface area contributed by atoms with Gasteiger partial charge >= 0.3 is 7.12 Å². The van der Waals surface area contributed by atoms with Gasteiger partial charge in [-0.2, -0.15) is 0 Å². The molecule has 1 saturated heterocycles. The van der Waals surface area contributed by atoms with Crippen LogP contribution in [0.25, 0.3) is 6.08 Å². The zero-order chi connectivity index (χ0) is 15.7. The highest BCUT2D eigenvalue weighted by molar-refractivity contribution is 9.10. The van der Waals surface area contributed by atoms with Crippen molar-refractivity contribution in [1.29, 1.82) is 0 Å². The van der Waals surface area contributed by atoms with Gasteiger partial charge in [0.15, 0.2) is 5.82 Å². The van der Waals surface area contributed by atoms with Crippen LogP contribution in [-0.2, 0) is 9.31 Å². The van der Waals surface area contributed by atoms with Crippen LogP contribution >= 0.6 is 15.9 Å². The normalized spacial score (nSPS) is 20.9. The number of rotatable bonds is 4. The molecular formula is C14H21BBrN3O2. The van der Waals surface area contributed by atoms with E-state index in [9.17, 15) is 0 Å². The number of aromatic nitrogens is 2. The van der Waals surface area contributed by atoms with Crippen molar-refractivity contribution in [3.8, 4) is 0 Å². The average molecular weight is 354 g/mol. The fraction of sp³-hybridized carbons (Fsp3) is 0.571. The summed E-state index contributed by atoms with van der Waals surface area (Å²) in [4.78, 5) is 8.54. The average Bonchev–Trinajstić information content (AvgIpc) is 2.60. The van der Waals surface area contributed by atoms with Crippen LogP contribution < -0.4 is 5.32 Å². The maximum atomic E-state index is 6.08. The van der Waals surface area contributed by atoms with Gasteiger partial charge in [-0.3, -0.25) is 0 Å². The van der Waals surface area contributed by atoms with Crippen LogP contribution in [0.4, 0.5) is 0 Å². The molecule has 0 amide bonds. The Morgan fingerprint density at radius 2 is 1.76 bits per heavy atom. The Morgan fingerprint density at radius 3 is 2.24 bits per heavy atom. The molecule has 1 aliphatic rings. The highest BCUT2D eigenvalue weighted by Gasteiger charge is 2.52. The highest BCUT2D eigenvalue weighted by atomic mass is 79.9. The Bertz CT molecular complexity index is 516. The summed E-state index contributed by atoms with van der Waals surface area (Å²) in [6.07, 6.45) is 5.35. The van der Waals surface area contributed by atoms with Gasteiger partial charge < -0.3 is 14.6 Å². The van der Waals surface area contributed by atoms with E-state index < -0.39 is 7.12 Å². The summed E-state index contributed by atoms with van der Waals surface area (Å²) in [5.74, 6) is 0.637. The van der Waals surface area contributed by atoms with E-state index in [1.807, 2.05) is 40.8 Å². The van der Waals surface area contributed by atoms with Crippen molar-refractivity contribution in [1.82, 2.24) is 15.3 Å². The molecule has 1 aliphatic heterocycles. The zero-order valence-electron chi connectivity index (χ0n) is 13.1. The fourth-order valence-electron chi connectivity index (χ4n) is 1.96. The van der Waals surface area contributed by atoms with Gasteiger partial charge in [-0.05, 0) is 62.2 Å². The molecular weight excluding hydrogens is 333 g/mol. The standard InChI is InChI=1S/C14H21BBrN3O2/c1-13(2)14(3,4)21-15(20-13)10(7-17-5)6-12-18-8-11(16)9-19-12/h6,8-9,17H,7H2,1-5H3. The third kappa shape index (κ3) is 3.72. The SMILES string of the molecule is CNCC(=Cc1ncc(Br)cn1)B1OC(C)(C)C(C)(C)O1. The highest BCUT2D eigenvalue weighted by Crippen LogP contribution is 2.38. The zero-order valence-corrected chi connectivity index (χ0v) is 14.7. The summed E-state index contributed by atoms with van der Waals surface area (Å²) in [5.41, 5.74) is 0.259. The van der Waals surface area contributed by atoms with Crippen molar-refractivity contribution in [3.63, 3.8) is 0 Å². The van der Waals surface area contributed by atoms with Crippen LogP contribution in [0.5, 0.6) is 0 Å². The van der Waals surface area contributed by atoms with Gasteiger partial charge in [0.05, 0.1) is 15.7 Å². The first-order valence-electron chi connectivity index (χ1n) is 6.93. The van der Waals surface area contributed by atoms with Crippen molar-refractivity contribution in [3.05, 3.63) is 28.2 Å². The molecule has 0 saturated carbocycles. The van der Waals surface area contributed by atoms with Crippen molar-refractivity contribution in [2.75, 3.05) is 13.6 Å². The Hall–Kier alpha value is -0.755. The predicted molar refractivity (Wildman–Crippen MR) is 87.7 cm³/mol. The molecule has 2 rings (SSSR count). The van der Waals surface area contributed by atoms with Crippen LogP contribution in [0.3, 0.4) is 0 Å². The Balaban J connectivity index is 2.26. The van der Waals surface area contributed by atoms with Gasteiger partial charge in [0.2, 0.25) is 0 Å². The maximum Gasteiger partial charge on any atom is 0.492 e. The molecule has 0 aliphatic carbocycles. The molecule has 1 N–H and O–H groups in total. The maximum absolute atomic E-state index is 6.08. The number of halogens is 1. The van der Waals surface area contributed by atoms with Gasteiger partial charge in [-0.25, -0.2) is 9.97 Å². The van der Waals surface area contributed by atoms with Crippen LogP contribution in [-0.4, -0.2) is 41.9 Å². The van der Waals surface area contributed by atoms with Gasteiger partial charge in [0, 0.05) is 18.9 Å². The summed E-state index contributed by atoms with van der Waals surface area (Å²) in [7, 11) is 1.50. The number of hydrogen-bond acceptors (Lipinski definition) is 5. The second-order valence-corrected chi connectivity index (χ2v) is 7.01. The van der Waals surface area contributed by atoms with E-state index in [0.29, 0.717) is 12.4 Å². The third-order valence-corrected chi connectivity index (χ3v) is 4.30. The molecule has 114 valence electrons. The van der Waals surface area contributed by atoms with E-state index in [-0.39, 0.29) is 11.2 Å². The van der Waals surface area contributed by atoms with Crippen LogP contribution in [0.1, 0.15) is 33.5 Å². The molecule has 0 atom stereocenters. The molecule has 1 aromatic rings. The number of nitrogens with zero attached hydrogens (tertiary/aromatic N) is 2. The fourth-order valence-corrected chi connectivity index (χ4v) is 2.17. The van der Waals surface area contributed by atoms with Gasteiger partial charge in [0.1, 0.15) is 0 Å². The quantitative estimate of drug-likeness (QED) is 0.842. The summed E-state index contributed by atoms with van der Waals surface area (Å²) >= 11 is 3.33. The Morgan fingerprint density at radius 1 is 1.24 bits per heavy atom. The monoisotopic (exact) mass is 353 g/mol. The molecule has 5 nitrogen and oxygen atoms in total. The van der Waals surface area contributed by atoms with E-state index in [2.05, 4.69) is 31.2 Å². The molecule has 1 aromatic heterocycles. The minimum absolute atomic E-state index is 0.356. The second-order valence-electron chi connectivity index (χ2n) is 6.10. The number of nitrogens with one attached hydrogen (secondary N) is 1. The van der Waals surface area contributed by atoms with Crippen LogP contribution in [0.15, 0.2) is 22.3 Å². The smallest absolute Gasteiger partial charge is 0.400 e. The van der Waals surface area contributed by atoms with Crippen molar-refractivity contribution >= 4 is 29.1 Å². The lowest BCUT2D eigenvalue weighted by Crippen LogP contribution is -2.41. The van der Waals surface area contributed by atoms with E-state index in [4.69, 9.17) is 9.31 Å².